The highest BCUT2D eigenvalue weighted by Crippen LogP contribution is 2.38. The number of carboxylic acid groups (broad SMARTS) is 1. The largest absolute Gasteiger partial charge is 0.481 e. The van der Waals surface area contributed by atoms with Crippen LogP contribution in [0.4, 0.5) is 13.2 Å². The van der Waals surface area contributed by atoms with Gasteiger partial charge in [0.2, 0.25) is 0 Å². The van der Waals surface area contributed by atoms with Crippen LogP contribution < -0.4 is 0 Å². The maximum Gasteiger partial charge on any atom is 0.394 e. The van der Waals surface area contributed by atoms with Crippen LogP contribution in [0.15, 0.2) is 34.7 Å². The molecule has 2 aromatic rings. The van der Waals surface area contributed by atoms with E-state index in [2.05, 4.69) is 4.98 Å². The van der Waals surface area contributed by atoms with E-state index in [0.717, 1.165) is 4.90 Å². The molecule has 0 unspecified atom stereocenters. The van der Waals surface area contributed by atoms with Gasteiger partial charge in [-0.25, -0.2) is 4.98 Å². The fourth-order valence-electron chi connectivity index (χ4n) is 3.06. The van der Waals surface area contributed by atoms with E-state index in [-0.39, 0.29) is 17.3 Å². The fraction of sp³-hybridized carbons (Fsp3) is 0.353. The number of rotatable bonds is 3. The standard InChI is InChI=1S/C17H15F3N2O4/c1-9-21-13(14(26-9)10-5-3-2-4-6-10)15(23)22-7-11(16(24)25)12(8-22)17(18,19)20/h2-6,11-12H,7-8H2,1H3,(H,24,25)/t11-,12-/m1/s1. The smallest absolute Gasteiger partial charge is 0.394 e. The molecule has 0 saturated carbocycles. The third-order valence-electron chi connectivity index (χ3n) is 4.32. The summed E-state index contributed by atoms with van der Waals surface area (Å²) in [6.07, 6.45) is -4.71. The third-order valence-corrected chi connectivity index (χ3v) is 4.32. The van der Waals surface area contributed by atoms with E-state index in [1.807, 2.05) is 0 Å². The van der Waals surface area contributed by atoms with Crippen LogP contribution in [0.2, 0.25) is 0 Å². The van der Waals surface area contributed by atoms with Crippen molar-refractivity contribution in [3.63, 3.8) is 0 Å². The predicted octanol–water partition coefficient (Wildman–Crippen LogP) is 2.99. The number of oxazole rings is 1. The van der Waals surface area contributed by atoms with E-state index >= 15 is 0 Å². The lowest BCUT2D eigenvalue weighted by Crippen LogP contribution is -2.34. The topological polar surface area (TPSA) is 83.6 Å². The first kappa shape index (κ1) is 18.0. The van der Waals surface area contributed by atoms with Crippen molar-refractivity contribution in [2.24, 2.45) is 11.8 Å². The summed E-state index contributed by atoms with van der Waals surface area (Å²) in [7, 11) is 0. The first-order valence-corrected chi connectivity index (χ1v) is 7.80. The molecule has 1 N–H and O–H groups in total. The van der Waals surface area contributed by atoms with Crippen molar-refractivity contribution in [3.05, 3.63) is 41.9 Å². The number of carboxylic acids is 1. The molecule has 3 rings (SSSR count). The van der Waals surface area contributed by atoms with Crippen molar-refractivity contribution in [1.29, 1.82) is 0 Å². The van der Waals surface area contributed by atoms with E-state index in [9.17, 15) is 22.8 Å². The van der Waals surface area contributed by atoms with Crippen LogP contribution in [0.3, 0.4) is 0 Å². The Morgan fingerprint density at radius 3 is 2.42 bits per heavy atom. The van der Waals surface area contributed by atoms with Gasteiger partial charge < -0.3 is 14.4 Å². The van der Waals surface area contributed by atoms with Gasteiger partial charge in [-0.2, -0.15) is 13.2 Å². The van der Waals surface area contributed by atoms with Gasteiger partial charge in [0.25, 0.3) is 5.91 Å². The molecule has 1 aromatic carbocycles. The van der Waals surface area contributed by atoms with Gasteiger partial charge in [0.1, 0.15) is 0 Å². The van der Waals surface area contributed by atoms with Crippen molar-refractivity contribution >= 4 is 11.9 Å². The maximum atomic E-state index is 13.1. The number of aliphatic carboxylic acids is 1. The quantitative estimate of drug-likeness (QED) is 0.901. The van der Waals surface area contributed by atoms with Crippen LogP contribution in [-0.4, -0.2) is 46.1 Å². The minimum absolute atomic E-state index is 0.124. The van der Waals surface area contributed by atoms with E-state index in [1.54, 1.807) is 30.3 Å². The predicted molar refractivity (Wildman–Crippen MR) is 83.3 cm³/mol. The van der Waals surface area contributed by atoms with Crippen molar-refractivity contribution in [1.82, 2.24) is 9.88 Å². The van der Waals surface area contributed by atoms with Crippen molar-refractivity contribution in [3.8, 4) is 11.3 Å². The van der Waals surface area contributed by atoms with Gasteiger partial charge >= 0.3 is 12.1 Å². The summed E-state index contributed by atoms with van der Waals surface area (Å²) in [5.74, 6) is -5.84. The lowest BCUT2D eigenvalue weighted by molar-refractivity contribution is -0.187. The number of halogens is 3. The maximum absolute atomic E-state index is 13.1. The molecule has 6 nitrogen and oxygen atoms in total. The molecular weight excluding hydrogens is 353 g/mol. The van der Waals surface area contributed by atoms with Crippen molar-refractivity contribution < 1.29 is 32.3 Å². The number of carbonyl (C=O) groups excluding carboxylic acids is 1. The molecule has 138 valence electrons. The Morgan fingerprint density at radius 2 is 1.88 bits per heavy atom. The molecule has 0 spiro atoms. The lowest BCUT2D eigenvalue weighted by Gasteiger charge is -2.18. The Kier molecular flexibility index (Phi) is 4.47. The van der Waals surface area contributed by atoms with E-state index in [4.69, 9.17) is 9.52 Å². The van der Waals surface area contributed by atoms with Crippen LogP contribution in [0, 0.1) is 18.8 Å². The number of aryl methyl sites for hydroxylation is 1. The second-order valence-electron chi connectivity index (χ2n) is 6.08. The molecule has 2 atom stereocenters. The van der Waals surface area contributed by atoms with Gasteiger partial charge in [-0.05, 0) is 0 Å². The highest BCUT2D eigenvalue weighted by molar-refractivity contribution is 5.98. The number of alkyl halides is 3. The Bertz CT molecular complexity index is 832. The minimum atomic E-state index is -4.71. The van der Waals surface area contributed by atoms with Crippen molar-refractivity contribution in [2.45, 2.75) is 13.1 Å². The molecule has 0 radical (unpaired) electrons. The number of hydrogen-bond acceptors (Lipinski definition) is 4. The van der Waals surface area contributed by atoms with Gasteiger partial charge in [0, 0.05) is 25.6 Å². The first-order valence-electron chi connectivity index (χ1n) is 7.80. The van der Waals surface area contributed by atoms with Crippen LogP contribution >= 0.6 is 0 Å². The summed E-state index contributed by atoms with van der Waals surface area (Å²) in [6.45, 7) is 0.268. The summed E-state index contributed by atoms with van der Waals surface area (Å²) in [6, 6.07) is 8.56. The molecule has 1 fully saturated rings. The highest BCUT2D eigenvalue weighted by atomic mass is 19.4. The summed E-state index contributed by atoms with van der Waals surface area (Å²) in [4.78, 5) is 28.8. The average Bonchev–Trinajstić information content (AvgIpc) is 3.19. The number of benzene rings is 1. The zero-order valence-corrected chi connectivity index (χ0v) is 13.7. The van der Waals surface area contributed by atoms with Gasteiger partial charge in [-0.15, -0.1) is 0 Å². The molecule has 26 heavy (non-hydrogen) atoms. The summed E-state index contributed by atoms with van der Waals surface area (Å²) < 4.78 is 44.8. The SMILES string of the molecule is Cc1nc(C(=O)N2C[C@@H](C(F)(F)F)[C@H](C(=O)O)C2)c(-c2ccccc2)o1. The van der Waals surface area contributed by atoms with Crippen LogP contribution in [-0.2, 0) is 4.79 Å². The zero-order chi connectivity index (χ0) is 19.1. The number of amides is 1. The number of carbonyl (C=O) groups is 2. The van der Waals surface area contributed by atoms with Gasteiger partial charge in [0.05, 0.1) is 11.8 Å². The summed E-state index contributed by atoms with van der Waals surface area (Å²) in [5, 5.41) is 9.08. The normalized spacial score (nSPS) is 20.4. The van der Waals surface area contributed by atoms with E-state index in [0.29, 0.717) is 5.56 Å². The van der Waals surface area contributed by atoms with E-state index < -0.39 is 43.0 Å². The minimum Gasteiger partial charge on any atom is -0.481 e. The number of nitrogens with zero attached hydrogens (tertiary/aromatic N) is 2. The molecule has 1 aliphatic heterocycles. The van der Waals surface area contributed by atoms with Gasteiger partial charge in [-0.3, -0.25) is 9.59 Å². The molecule has 1 amide bonds. The fourth-order valence-corrected chi connectivity index (χ4v) is 3.06. The second-order valence-corrected chi connectivity index (χ2v) is 6.08. The highest BCUT2D eigenvalue weighted by Gasteiger charge is 2.54. The van der Waals surface area contributed by atoms with E-state index in [1.165, 1.54) is 6.92 Å². The molecular formula is C17H15F3N2O4. The molecule has 9 heteroatoms. The lowest BCUT2D eigenvalue weighted by atomic mass is 9.96. The summed E-state index contributed by atoms with van der Waals surface area (Å²) >= 11 is 0. The van der Waals surface area contributed by atoms with Crippen molar-refractivity contribution in [2.75, 3.05) is 13.1 Å². The number of aromatic nitrogens is 1. The van der Waals surface area contributed by atoms with Gasteiger partial charge in [-0.1, -0.05) is 30.3 Å². The number of likely N-dealkylation sites (tertiary alicyclic amines) is 1. The first-order chi connectivity index (χ1) is 12.2. The average molecular weight is 368 g/mol. The van der Waals surface area contributed by atoms with Crippen LogP contribution in [0.25, 0.3) is 11.3 Å². The Morgan fingerprint density at radius 1 is 1.23 bits per heavy atom. The molecule has 1 aliphatic rings. The zero-order valence-electron chi connectivity index (χ0n) is 13.7. The third kappa shape index (κ3) is 3.29. The number of hydrogen-bond donors (Lipinski definition) is 1. The molecule has 1 saturated heterocycles. The molecule has 0 aliphatic carbocycles. The molecule has 0 bridgehead atoms. The Hall–Kier alpha value is -2.84. The van der Waals surface area contributed by atoms with Crippen LogP contribution in [0.1, 0.15) is 16.4 Å². The van der Waals surface area contributed by atoms with Crippen LogP contribution in [0.5, 0.6) is 0 Å². The Balaban J connectivity index is 1.93. The van der Waals surface area contributed by atoms with Gasteiger partial charge in [0.15, 0.2) is 17.3 Å². The molecule has 2 heterocycles. The molecule has 1 aromatic heterocycles. The summed E-state index contributed by atoms with van der Waals surface area (Å²) in [5.41, 5.74) is 0.429. The Labute approximate surface area is 146 Å². The second kappa shape index (κ2) is 6.47. The monoisotopic (exact) mass is 368 g/mol.